The number of carbonyl (C=O) groups excluding carboxylic acids is 2. The SMILES string of the molecule is COc1ccc(OC)c(/C=N/N2CC(=O)N3[C@@H](Cc4c([nH]c5ccccc45)C3(C)C)C2=O)c1. The Balaban J connectivity index is 1.50. The highest BCUT2D eigenvalue weighted by molar-refractivity contribution is 5.98. The van der Waals surface area contributed by atoms with Gasteiger partial charge in [-0.25, -0.2) is 5.01 Å². The highest BCUT2D eigenvalue weighted by atomic mass is 16.5. The van der Waals surface area contributed by atoms with Gasteiger partial charge in [0.15, 0.2) is 0 Å². The molecule has 0 bridgehead atoms. The molecule has 2 amide bonds. The van der Waals surface area contributed by atoms with Crippen LogP contribution < -0.4 is 9.47 Å². The number of aromatic amines is 1. The minimum Gasteiger partial charge on any atom is -0.497 e. The number of ether oxygens (including phenoxy) is 2. The lowest BCUT2D eigenvalue weighted by Crippen LogP contribution is -2.66. The van der Waals surface area contributed by atoms with Gasteiger partial charge in [0.25, 0.3) is 5.91 Å². The Hall–Kier alpha value is -3.81. The first-order valence-corrected chi connectivity index (χ1v) is 10.8. The second-order valence-electron chi connectivity index (χ2n) is 8.82. The first-order chi connectivity index (χ1) is 15.8. The number of hydrogen-bond acceptors (Lipinski definition) is 5. The molecule has 0 saturated carbocycles. The van der Waals surface area contributed by atoms with Crippen LogP contribution in [0.5, 0.6) is 11.5 Å². The average molecular weight is 447 g/mol. The van der Waals surface area contributed by atoms with E-state index in [-0.39, 0.29) is 18.4 Å². The van der Waals surface area contributed by atoms with Crippen molar-refractivity contribution in [1.82, 2.24) is 14.9 Å². The van der Waals surface area contributed by atoms with Crippen molar-refractivity contribution in [2.24, 2.45) is 5.10 Å². The maximum Gasteiger partial charge on any atom is 0.266 e. The van der Waals surface area contributed by atoms with Crippen molar-refractivity contribution in [3.05, 3.63) is 59.3 Å². The van der Waals surface area contributed by atoms with E-state index >= 15 is 0 Å². The fourth-order valence-electron chi connectivity index (χ4n) is 5.04. The van der Waals surface area contributed by atoms with Crippen molar-refractivity contribution in [1.29, 1.82) is 0 Å². The summed E-state index contributed by atoms with van der Waals surface area (Å²) in [6, 6.07) is 12.7. The molecule has 33 heavy (non-hydrogen) atoms. The smallest absolute Gasteiger partial charge is 0.266 e. The van der Waals surface area contributed by atoms with Gasteiger partial charge in [0, 0.05) is 28.6 Å². The minimum atomic E-state index is -0.643. The summed E-state index contributed by atoms with van der Waals surface area (Å²) in [5, 5.41) is 6.73. The highest BCUT2D eigenvalue weighted by Crippen LogP contribution is 2.42. The third-order valence-corrected chi connectivity index (χ3v) is 6.60. The van der Waals surface area contributed by atoms with Crippen LogP contribution in [0, 0.1) is 0 Å². The van der Waals surface area contributed by atoms with E-state index in [1.54, 1.807) is 37.3 Å². The zero-order valence-corrected chi connectivity index (χ0v) is 19.1. The van der Waals surface area contributed by atoms with Crippen molar-refractivity contribution in [3.63, 3.8) is 0 Å². The van der Waals surface area contributed by atoms with E-state index in [0.717, 1.165) is 22.2 Å². The molecule has 1 saturated heterocycles. The molecule has 2 aliphatic heterocycles. The van der Waals surface area contributed by atoms with Crippen LogP contribution in [-0.4, -0.2) is 59.7 Å². The fraction of sp³-hybridized carbons (Fsp3) is 0.320. The molecule has 8 heteroatoms. The van der Waals surface area contributed by atoms with Crippen LogP contribution in [0.2, 0.25) is 0 Å². The number of amides is 2. The number of nitrogens with one attached hydrogen (secondary N) is 1. The monoisotopic (exact) mass is 446 g/mol. The third-order valence-electron chi connectivity index (χ3n) is 6.60. The number of hydrazone groups is 1. The maximum absolute atomic E-state index is 13.5. The minimum absolute atomic E-state index is 0.114. The maximum atomic E-state index is 13.5. The lowest BCUT2D eigenvalue weighted by Gasteiger charge is -2.50. The van der Waals surface area contributed by atoms with E-state index in [1.807, 2.05) is 32.0 Å². The van der Waals surface area contributed by atoms with Gasteiger partial charge in [-0.15, -0.1) is 0 Å². The number of piperazine rings is 1. The molecule has 1 aromatic heterocycles. The van der Waals surface area contributed by atoms with E-state index in [2.05, 4.69) is 16.2 Å². The summed E-state index contributed by atoms with van der Waals surface area (Å²) < 4.78 is 10.7. The van der Waals surface area contributed by atoms with Gasteiger partial charge in [0.2, 0.25) is 5.91 Å². The summed E-state index contributed by atoms with van der Waals surface area (Å²) in [6.07, 6.45) is 1.98. The van der Waals surface area contributed by atoms with E-state index in [4.69, 9.17) is 9.47 Å². The Labute approximate surface area is 191 Å². The predicted molar refractivity (Wildman–Crippen MR) is 125 cm³/mol. The number of H-pyrrole nitrogens is 1. The Morgan fingerprint density at radius 1 is 1.12 bits per heavy atom. The van der Waals surface area contributed by atoms with E-state index in [9.17, 15) is 9.59 Å². The summed E-state index contributed by atoms with van der Waals surface area (Å²) in [6.45, 7) is 3.86. The van der Waals surface area contributed by atoms with Gasteiger partial charge in [0.1, 0.15) is 24.1 Å². The lowest BCUT2D eigenvalue weighted by atomic mass is 9.82. The highest BCUT2D eigenvalue weighted by Gasteiger charge is 2.51. The van der Waals surface area contributed by atoms with Gasteiger partial charge in [0.05, 0.1) is 26.0 Å². The van der Waals surface area contributed by atoms with E-state index in [0.29, 0.717) is 23.5 Å². The first-order valence-electron chi connectivity index (χ1n) is 10.8. The van der Waals surface area contributed by atoms with Crippen molar-refractivity contribution >= 4 is 28.9 Å². The van der Waals surface area contributed by atoms with Crippen molar-refractivity contribution in [2.75, 3.05) is 20.8 Å². The van der Waals surface area contributed by atoms with Crippen molar-refractivity contribution in [2.45, 2.75) is 31.8 Å². The molecular formula is C25H26N4O4. The van der Waals surface area contributed by atoms with Gasteiger partial charge >= 0.3 is 0 Å². The molecule has 8 nitrogen and oxygen atoms in total. The van der Waals surface area contributed by atoms with E-state index < -0.39 is 11.6 Å². The molecule has 1 atom stereocenters. The van der Waals surface area contributed by atoms with Crippen LogP contribution in [-0.2, 0) is 21.5 Å². The van der Waals surface area contributed by atoms with Gasteiger partial charge in [-0.05, 0) is 43.7 Å². The molecule has 170 valence electrons. The molecule has 0 unspecified atom stereocenters. The fourth-order valence-corrected chi connectivity index (χ4v) is 5.04. The number of hydrogen-bond donors (Lipinski definition) is 1. The molecule has 1 N–H and O–H groups in total. The van der Waals surface area contributed by atoms with Crippen LogP contribution in [0.25, 0.3) is 10.9 Å². The molecule has 0 aliphatic carbocycles. The van der Waals surface area contributed by atoms with Gasteiger partial charge in [-0.3, -0.25) is 9.59 Å². The average Bonchev–Trinajstić information content (AvgIpc) is 3.19. The number of aromatic nitrogens is 1. The summed E-state index contributed by atoms with van der Waals surface area (Å²) in [5.74, 6) is 0.907. The molecule has 5 rings (SSSR count). The Morgan fingerprint density at radius 2 is 1.91 bits per heavy atom. The molecule has 2 aromatic carbocycles. The zero-order chi connectivity index (χ0) is 23.3. The predicted octanol–water partition coefficient (Wildman–Crippen LogP) is 3.05. The normalized spacial score (nSPS) is 19.7. The quantitative estimate of drug-likeness (QED) is 0.624. The summed E-state index contributed by atoms with van der Waals surface area (Å²) >= 11 is 0. The van der Waals surface area contributed by atoms with Gasteiger partial charge in [-0.1, -0.05) is 18.2 Å². The number of fused-ring (bicyclic) bond motifs is 4. The van der Waals surface area contributed by atoms with Crippen molar-refractivity contribution < 1.29 is 19.1 Å². The van der Waals surface area contributed by atoms with Crippen LogP contribution >= 0.6 is 0 Å². The Morgan fingerprint density at radius 3 is 2.67 bits per heavy atom. The molecule has 0 spiro atoms. The second-order valence-corrected chi connectivity index (χ2v) is 8.82. The number of nitrogens with zero attached hydrogens (tertiary/aromatic N) is 3. The van der Waals surface area contributed by atoms with E-state index in [1.165, 1.54) is 11.2 Å². The Kier molecular flexibility index (Phi) is 4.88. The topological polar surface area (TPSA) is 87.2 Å². The largest absolute Gasteiger partial charge is 0.497 e. The zero-order valence-electron chi connectivity index (χ0n) is 19.1. The third kappa shape index (κ3) is 3.25. The van der Waals surface area contributed by atoms with Gasteiger partial charge in [-0.2, -0.15) is 5.10 Å². The Bertz CT molecular complexity index is 1290. The van der Waals surface area contributed by atoms with Crippen molar-refractivity contribution in [3.8, 4) is 11.5 Å². The van der Waals surface area contributed by atoms with Crippen LogP contribution in [0.1, 0.15) is 30.7 Å². The number of para-hydroxylation sites is 1. The number of benzene rings is 2. The van der Waals surface area contributed by atoms with Crippen LogP contribution in [0.15, 0.2) is 47.6 Å². The number of rotatable bonds is 4. The summed E-state index contributed by atoms with van der Waals surface area (Å²) in [4.78, 5) is 32.0. The number of methoxy groups -OCH3 is 2. The second kappa shape index (κ2) is 7.65. The number of carbonyl (C=O) groups is 2. The summed E-state index contributed by atoms with van der Waals surface area (Å²) in [5.41, 5.74) is 3.09. The van der Waals surface area contributed by atoms with Crippen LogP contribution in [0.4, 0.5) is 0 Å². The van der Waals surface area contributed by atoms with Gasteiger partial charge < -0.3 is 19.4 Å². The standard InChI is InChI=1S/C25H26N4O4/c1-25(2)23-18(17-7-5-6-8-19(17)27-23)12-20-24(31)28(14-22(30)29(20)25)26-13-15-11-16(32-3)9-10-21(15)33-4/h5-11,13,20,27H,12,14H2,1-4H3/b26-13+/t20-/m0/s1. The molecule has 0 radical (unpaired) electrons. The summed E-state index contributed by atoms with van der Waals surface area (Å²) in [7, 11) is 3.14. The lowest BCUT2D eigenvalue weighted by molar-refractivity contribution is -0.163. The molecule has 3 heterocycles. The first kappa shape index (κ1) is 21.1. The molecule has 3 aromatic rings. The molecular weight excluding hydrogens is 420 g/mol. The molecule has 1 fully saturated rings. The molecule has 2 aliphatic rings. The van der Waals surface area contributed by atoms with Crippen LogP contribution in [0.3, 0.4) is 0 Å².